The van der Waals surface area contributed by atoms with Gasteiger partial charge in [-0.15, -0.1) is 5.10 Å². The van der Waals surface area contributed by atoms with E-state index in [4.69, 9.17) is 0 Å². The van der Waals surface area contributed by atoms with E-state index >= 15 is 0 Å². The second kappa shape index (κ2) is 8.80. The number of aromatic nitrogens is 3. The van der Waals surface area contributed by atoms with Crippen molar-refractivity contribution in [3.05, 3.63) is 78.1 Å². The summed E-state index contributed by atoms with van der Waals surface area (Å²) in [5, 5.41) is 10.7. The van der Waals surface area contributed by atoms with Crippen molar-refractivity contribution in [2.24, 2.45) is 0 Å². The summed E-state index contributed by atoms with van der Waals surface area (Å²) in [5.41, 5.74) is 2.02. The molecular weight excluding hydrogens is 390 g/mol. The molecule has 0 aliphatic rings. The number of benzene rings is 2. The van der Waals surface area contributed by atoms with E-state index in [0.717, 1.165) is 9.87 Å². The largest absolute Gasteiger partial charge is 0.322 e. The van der Waals surface area contributed by atoms with Gasteiger partial charge in [-0.1, -0.05) is 41.6 Å². The smallest absolute Gasteiger partial charge is 0.248 e. The molecule has 150 valence electrons. The zero-order chi connectivity index (χ0) is 20.9. The minimum Gasteiger partial charge on any atom is -0.322 e. The summed E-state index contributed by atoms with van der Waals surface area (Å²) < 4.78 is 27.2. The van der Waals surface area contributed by atoms with E-state index in [1.165, 1.54) is 32.3 Å². The molecule has 1 heterocycles. The van der Waals surface area contributed by atoms with Crippen molar-refractivity contribution in [2.45, 2.75) is 11.4 Å². The Morgan fingerprint density at radius 1 is 1.14 bits per heavy atom. The highest BCUT2D eigenvalue weighted by Crippen LogP contribution is 2.18. The van der Waals surface area contributed by atoms with Gasteiger partial charge in [0.1, 0.15) is 5.69 Å². The molecule has 1 aromatic heterocycles. The molecule has 0 spiro atoms. The first kappa shape index (κ1) is 20.4. The predicted molar refractivity (Wildman–Crippen MR) is 111 cm³/mol. The van der Waals surface area contributed by atoms with Gasteiger partial charge in [-0.3, -0.25) is 4.79 Å². The molecule has 8 nitrogen and oxygen atoms in total. The van der Waals surface area contributed by atoms with Gasteiger partial charge in [-0.05, 0) is 29.8 Å². The van der Waals surface area contributed by atoms with Crippen LogP contribution in [-0.4, -0.2) is 47.7 Å². The number of sulfonamides is 1. The second-order valence-electron chi connectivity index (χ2n) is 6.46. The first-order valence-corrected chi connectivity index (χ1v) is 10.2. The van der Waals surface area contributed by atoms with Gasteiger partial charge < -0.3 is 5.32 Å². The zero-order valence-electron chi connectivity index (χ0n) is 16.1. The number of amides is 1. The highest BCUT2D eigenvalue weighted by molar-refractivity contribution is 7.89. The number of carbonyl (C=O) groups is 1. The van der Waals surface area contributed by atoms with Crippen molar-refractivity contribution >= 4 is 27.7 Å². The fourth-order valence-electron chi connectivity index (χ4n) is 2.53. The maximum Gasteiger partial charge on any atom is 0.248 e. The maximum atomic E-state index is 12.2. The van der Waals surface area contributed by atoms with Crippen LogP contribution in [-0.2, 0) is 21.4 Å². The van der Waals surface area contributed by atoms with Gasteiger partial charge in [-0.2, -0.15) is 0 Å². The molecule has 29 heavy (non-hydrogen) atoms. The number of hydrogen-bond acceptors (Lipinski definition) is 5. The van der Waals surface area contributed by atoms with E-state index in [1.54, 1.807) is 29.1 Å². The number of nitrogens with one attached hydrogen (secondary N) is 1. The lowest BCUT2D eigenvalue weighted by Crippen LogP contribution is -2.22. The van der Waals surface area contributed by atoms with E-state index in [2.05, 4.69) is 15.6 Å². The second-order valence-corrected chi connectivity index (χ2v) is 8.62. The van der Waals surface area contributed by atoms with Crippen molar-refractivity contribution in [3.63, 3.8) is 0 Å². The number of carbonyl (C=O) groups excluding carboxylic acids is 1. The Hall–Kier alpha value is -3.30. The first-order valence-electron chi connectivity index (χ1n) is 8.80. The first-order chi connectivity index (χ1) is 13.8. The highest BCUT2D eigenvalue weighted by Gasteiger charge is 2.17. The van der Waals surface area contributed by atoms with Crippen molar-refractivity contribution < 1.29 is 13.2 Å². The van der Waals surface area contributed by atoms with Crippen molar-refractivity contribution in [1.29, 1.82) is 0 Å². The van der Waals surface area contributed by atoms with Crippen molar-refractivity contribution in [2.75, 3.05) is 19.4 Å². The molecule has 3 rings (SSSR count). The number of anilines is 1. The number of rotatable bonds is 7. The van der Waals surface area contributed by atoms with Gasteiger partial charge in [-0.25, -0.2) is 17.4 Å². The molecule has 0 saturated heterocycles. The summed E-state index contributed by atoms with van der Waals surface area (Å²) in [6.45, 7) is 0.584. The number of hydrogen-bond donors (Lipinski definition) is 1. The van der Waals surface area contributed by atoms with E-state index in [-0.39, 0.29) is 4.90 Å². The molecule has 0 radical (unpaired) electrons. The van der Waals surface area contributed by atoms with Gasteiger partial charge in [0.15, 0.2) is 0 Å². The lowest BCUT2D eigenvalue weighted by molar-refractivity contribution is -0.111. The maximum absolute atomic E-state index is 12.2. The monoisotopic (exact) mass is 411 g/mol. The molecule has 2 aromatic carbocycles. The Bertz CT molecular complexity index is 1120. The Morgan fingerprint density at radius 3 is 2.62 bits per heavy atom. The average Bonchev–Trinajstić information content (AvgIpc) is 3.14. The summed E-state index contributed by atoms with van der Waals surface area (Å²) in [4.78, 5) is 12.3. The van der Waals surface area contributed by atoms with Crippen LogP contribution in [0.2, 0.25) is 0 Å². The van der Waals surface area contributed by atoms with E-state index < -0.39 is 15.9 Å². The van der Waals surface area contributed by atoms with Crippen molar-refractivity contribution in [1.82, 2.24) is 19.3 Å². The SMILES string of the molecule is CN(C)S(=O)(=O)c1cccc(NC(=O)/C=C/c2cn(Cc3ccccc3)nn2)c1. The quantitative estimate of drug-likeness (QED) is 0.602. The third kappa shape index (κ3) is 5.37. The summed E-state index contributed by atoms with van der Waals surface area (Å²) in [6.07, 6.45) is 4.61. The normalized spacial score (nSPS) is 11.8. The van der Waals surface area contributed by atoms with E-state index in [0.29, 0.717) is 17.9 Å². The molecule has 0 fully saturated rings. The molecule has 1 amide bonds. The molecule has 0 saturated carbocycles. The predicted octanol–water partition coefficient (Wildman–Crippen LogP) is 2.23. The van der Waals surface area contributed by atoms with Gasteiger partial charge >= 0.3 is 0 Å². The van der Waals surface area contributed by atoms with Crippen LogP contribution in [0.15, 0.2) is 71.8 Å². The highest BCUT2D eigenvalue weighted by atomic mass is 32.2. The third-order valence-electron chi connectivity index (χ3n) is 4.03. The van der Waals surface area contributed by atoms with Gasteiger partial charge in [0.2, 0.25) is 15.9 Å². The fraction of sp³-hybridized carbons (Fsp3) is 0.150. The molecule has 0 aliphatic carbocycles. The van der Waals surface area contributed by atoms with Gasteiger partial charge in [0.25, 0.3) is 0 Å². The molecule has 0 aliphatic heterocycles. The Morgan fingerprint density at radius 2 is 1.90 bits per heavy atom. The van der Waals surface area contributed by atoms with Gasteiger partial charge in [0, 0.05) is 25.9 Å². The minimum absolute atomic E-state index is 0.105. The Balaban J connectivity index is 1.63. The summed E-state index contributed by atoms with van der Waals surface area (Å²) in [5.74, 6) is -0.401. The Labute approximate surface area is 169 Å². The van der Waals surface area contributed by atoms with Crippen LogP contribution < -0.4 is 5.32 Å². The molecule has 0 atom stereocenters. The molecule has 0 bridgehead atoms. The summed E-state index contributed by atoms with van der Waals surface area (Å²) in [6, 6.07) is 15.9. The Kier molecular flexibility index (Phi) is 6.20. The van der Waals surface area contributed by atoms with Crippen LogP contribution in [0.3, 0.4) is 0 Å². The number of nitrogens with zero attached hydrogens (tertiary/aromatic N) is 4. The van der Waals surface area contributed by atoms with Crippen LogP contribution in [0.25, 0.3) is 6.08 Å². The van der Waals surface area contributed by atoms with E-state index in [9.17, 15) is 13.2 Å². The van der Waals surface area contributed by atoms with Gasteiger partial charge in [0.05, 0.1) is 17.6 Å². The molecule has 9 heteroatoms. The molecule has 0 unspecified atom stereocenters. The summed E-state index contributed by atoms with van der Waals surface area (Å²) in [7, 11) is -0.665. The van der Waals surface area contributed by atoms with Crippen LogP contribution >= 0.6 is 0 Å². The lowest BCUT2D eigenvalue weighted by atomic mass is 10.2. The minimum atomic E-state index is -3.57. The van der Waals surface area contributed by atoms with Crippen LogP contribution in [0.5, 0.6) is 0 Å². The van der Waals surface area contributed by atoms with Crippen LogP contribution in [0.4, 0.5) is 5.69 Å². The molecular formula is C20H21N5O3S. The lowest BCUT2D eigenvalue weighted by Gasteiger charge is -2.12. The third-order valence-corrected chi connectivity index (χ3v) is 5.84. The molecule has 1 N–H and O–H groups in total. The van der Waals surface area contributed by atoms with Crippen molar-refractivity contribution in [3.8, 4) is 0 Å². The van der Waals surface area contributed by atoms with Crippen LogP contribution in [0, 0.1) is 0 Å². The van der Waals surface area contributed by atoms with Crippen LogP contribution in [0.1, 0.15) is 11.3 Å². The average molecular weight is 411 g/mol. The topological polar surface area (TPSA) is 97.2 Å². The standard InChI is InChI=1S/C20H21N5O3S/c1-24(2)29(27,28)19-10-6-9-17(13-19)21-20(26)12-11-18-15-25(23-22-18)14-16-7-4-3-5-8-16/h3-13,15H,14H2,1-2H3,(H,21,26)/b12-11+. The zero-order valence-corrected chi connectivity index (χ0v) is 16.9. The molecule has 3 aromatic rings. The fourth-order valence-corrected chi connectivity index (χ4v) is 3.48. The van der Waals surface area contributed by atoms with E-state index in [1.807, 2.05) is 30.3 Å². The summed E-state index contributed by atoms with van der Waals surface area (Å²) >= 11 is 0.